The van der Waals surface area contributed by atoms with E-state index in [2.05, 4.69) is 54.3 Å². The van der Waals surface area contributed by atoms with E-state index in [1.54, 1.807) is 7.11 Å². The largest absolute Gasteiger partial charge is 0.497 e. The van der Waals surface area contributed by atoms with E-state index in [9.17, 15) is 9.59 Å². The summed E-state index contributed by atoms with van der Waals surface area (Å²) in [5.74, 6) is 0.241. The Labute approximate surface area is 237 Å². The molecule has 220 valence electrons. The number of hydrogen-bond donors (Lipinski definition) is 0. The van der Waals surface area contributed by atoms with Gasteiger partial charge in [0, 0.05) is 11.3 Å². The quantitative estimate of drug-likeness (QED) is 0.187. The van der Waals surface area contributed by atoms with Crippen LogP contribution in [0.4, 0.5) is 4.79 Å². The van der Waals surface area contributed by atoms with Crippen molar-refractivity contribution in [2.75, 3.05) is 13.7 Å². The minimum Gasteiger partial charge on any atom is -0.497 e. The first-order valence-corrected chi connectivity index (χ1v) is 16.9. The van der Waals surface area contributed by atoms with Crippen LogP contribution in [0.3, 0.4) is 0 Å². The normalized spacial score (nSPS) is 19.0. The van der Waals surface area contributed by atoms with E-state index in [1.807, 2.05) is 51.1 Å². The van der Waals surface area contributed by atoms with Crippen LogP contribution in [0.1, 0.15) is 67.4 Å². The zero-order valence-corrected chi connectivity index (χ0v) is 27.0. The van der Waals surface area contributed by atoms with Gasteiger partial charge in [-0.2, -0.15) is 0 Å². The fourth-order valence-corrected chi connectivity index (χ4v) is 6.02. The SMILES string of the molecule is C=C[C@H](OCc1ccc(OC)cc1)C(C)(C)[C@H](C[C@H](C)C(=O)N1C(=O)OC[C@@H]1C(C)C)O[Si](C)(C)C(C)(C)C. The van der Waals surface area contributed by atoms with Gasteiger partial charge in [0.2, 0.25) is 5.91 Å². The standard InChI is InChI=1S/C31H51NO6Si/c1-13-26(36-19-23-14-16-24(35-10)17-15-23)31(8,9)27(38-39(11,12)30(5,6)7)18-22(4)28(33)32-25(21(2)3)20-37-29(32)34/h13-17,21-22,25-27H,1,18-20H2,2-12H3/t22-,25+,26-,27-/m0/s1. The molecule has 4 atom stereocenters. The molecule has 0 saturated carbocycles. The van der Waals surface area contributed by atoms with Crippen LogP contribution in [0.25, 0.3) is 0 Å². The van der Waals surface area contributed by atoms with Crippen molar-refractivity contribution in [2.24, 2.45) is 17.3 Å². The number of ether oxygens (including phenoxy) is 3. The van der Waals surface area contributed by atoms with Crippen LogP contribution in [-0.4, -0.2) is 57.2 Å². The predicted octanol–water partition coefficient (Wildman–Crippen LogP) is 7.21. The number of imide groups is 1. The molecule has 1 heterocycles. The topological polar surface area (TPSA) is 74.3 Å². The van der Waals surface area contributed by atoms with Crippen molar-refractivity contribution in [3.05, 3.63) is 42.5 Å². The Morgan fingerprint density at radius 1 is 1.15 bits per heavy atom. The molecule has 0 aliphatic carbocycles. The first-order valence-electron chi connectivity index (χ1n) is 14.0. The fraction of sp³-hybridized carbons (Fsp3) is 0.677. The third-order valence-electron chi connectivity index (χ3n) is 8.51. The second kappa shape index (κ2) is 13.0. The number of carbonyl (C=O) groups is 2. The van der Waals surface area contributed by atoms with E-state index in [-0.39, 0.29) is 41.7 Å². The van der Waals surface area contributed by atoms with E-state index < -0.39 is 25.7 Å². The van der Waals surface area contributed by atoms with Crippen LogP contribution in [0.15, 0.2) is 36.9 Å². The summed E-state index contributed by atoms with van der Waals surface area (Å²) in [6.07, 6.45) is 1.07. The molecule has 1 aliphatic heterocycles. The molecule has 0 unspecified atom stereocenters. The molecule has 7 nitrogen and oxygen atoms in total. The number of cyclic esters (lactones) is 1. The van der Waals surface area contributed by atoms with E-state index in [0.717, 1.165) is 11.3 Å². The minimum absolute atomic E-state index is 0.0241. The molecule has 1 aliphatic rings. The van der Waals surface area contributed by atoms with E-state index in [4.69, 9.17) is 18.6 Å². The summed E-state index contributed by atoms with van der Waals surface area (Å²) < 4.78 is 24.0. The van der Waals surface area contributed by atoms with Crippen molar-refractivity contribution in [2.45, 2.75) is 105 Å². The van der Waals surface area contributed by atoms with Crippen LogP contribution in [0, 0.1) is 17.3 Å². The third-order valence-corrected chi connectivity index (χ3v) is 13.0. The van der Waals surface area contributed by atoms with Crippen molar-refractivity contribution in [1.29, 1.82) is 0 Å². The summed E-state index contributed by atoms with van der Waals surface area (Å²) in [4.78, 5) is 27.4. The highest BCUT2D eigenvalue weighted by Gasteiger charge is 2.47. The molecule has 1 aromatic carbocycles. The van der Waals surface area contributed by atoms with Crippen LogP contribution in [-0.2, 0) is 25.3 Å². The second-order valence-electron chi connectivity index (χ2n) is 13.2. The lowest BCUT2D eigenvalue weighted by Crippen LogP contribution is -2.53. The Balaban J connectivity index is 2.33. The zero-order chi connectivity index (χ0) is 29.8. The van der Waals surface area contributed by atoms with Crippen LogP contribution in [0.5, 0.6) is 5.75 Å². The van der Waals surface area contributed by atoms with Crippen molar-refractivity contribution in [3.8, 4) is 5.75 Å². The lowest BCUT2D eigenvalue weighted by molar-refractivity contribution is -0.136. The number of benzene rings is 1. The maximum Gasteiger partial charge on any atom is 0.416 e. The smallest absolute Gasteiger partial charge is 0.416 e. The summed E-state index contributed by atoms with van der Waals surface area (Å²) in [5.41, 5.74) is 0.512. The molecular weight excluding hydrogens is 510 g/mol. The molecule has 39 heavy (non-hydrogen) atoms. The number of rotatable bonds is 13. The molecule has 0 spiro atoms. The summed E-state index contributed by atoms with van der Waals surface area (Å²) >= 11 is 0. The molecule has 0 bridgehead atoms. The van der Waals surface area contributed by atoms with Gasteiger partial charge in [-0.05, 0) is 48.2 Å². The molecule has 1 saturated heterocycles. The average molecular weight is 562 g/mol. The first kappa shape index (κ1) is 33.0. The number of methoxy groups -OCH3 is 1. The van der Waals surface area contributed by atoms with Gasteiger partial charge in [-0.25, -0.2) is 9.69 Å². The number of nitrogens with zero attached hydrogens (tertiary/aromatic N) is 1. The molecular formula is C31H51NO6Si. The Hall–Kier alpha value is -2.16. The monoisotopic (exact) mass is 561 g/mol. The van der Waals surface area contributed by atoms with E-state index >= 15 is 0 Å². The van der Waals surface area contributed by atoms with Crippen molar-refractivity contribution < 1.29 is 28.2 Å². The minimum atomic E-state index is -2.23. The second-order valence-corrected chi connectivity index (χ2v) is 18.0. The van der Waals surface area contributed by atoms with Crippen LogP contribution in [0.2, 0.25) is 18.1 Å². The maximum absolute atomic E-state index is 13.6. The fourth-order valence-electron chi connectivity index (χ4n) is 4.55. The van der Waals surface area contributed by atoms with Gasteiger partial charge in [-0.3, -0.25) is 4.79 Å². The van der Waals surface area contributed by atoms with Gasteiger partial charge < -0.3 is 18.6 Å². The highest BCUT2D eigenvalue weighted by Crippen LogP contribution is 2.43. The molecule has 0 radical (unpaired) electrons. The zero-order valence-electron chi connectivity index (χ0n) is 26.0. The van der Waals surface area contributed by atoms with Gasteiger partial charge in [0.15, 0.2) is 8.32 Å². The molecule has 8 heteroatoms. The number of hydrogen-bond acceptors (Lipinski definition) is 6. The summed E-state index contributed by atoms with van der Waals surface area (Å²) in [7, 11) is -0.588. The van der Waals surface area contributed by atoms with Gasteiger partial charge in [-0.15, -0.1) is 6.58 Å². The summed E-state index contributed by atoms with van der Waals surface area (Å²) in [5, 5.41) is -0.0241. The van der Waals surface area contributed by atoms with Crippen molar-refractivity contribution in [3.63, 3.8) is 0 Å². The van der Waals surface area contributed by atoms with Crippen LogP contribution < -0.4 is 4.74 Å². The molecule has 2 rings (SSSR count). The molecule has 0 N–H and O–H groups in total. The predicted molar refractivity (Wildman–Crippen MR) is 158 cm³/mol. The highest BCUT2D eigenvalue weighted by molar-refractivity contribution is 6.74. The van der Waals surface area contributed by atoms with Crippen molar-refractivity contribution in [1.82, 2.24) is 4.90 Å². The summed E-state index contributed by atoms with van der Waals surface area (Å²) in [6, 6.07) is 7.54. The van der Waals surface area contributed by atoms with E-state index in [1.165, 1.54) is 4.90 Å². The Morgan fingerprint density at radius 3 is 2.23 bits per heavy atom. The third kappa shape index (κ3) is 7.95. The Bertz CT molecular complexity index is 982. The lowest BCUT2D eigenvalue weighted by atomic mass is 9.77. The van der Waals surface area contributed by atoms with Crippen LogP contribution >= 0.6 is 0 Å². The number of carbonyl (C=O) groups excluding carboxylic acids is 2. The highest BCUT2D eigenvalue weighted by atomic mass is 28.4. The van der Waals surface area contributed by atoms with Gasteiger partial charge in [0.1, 0.15) is 12.4 Å². The van der Waals surface area contributed by atoms with E-state index in [0.29, 0.717) is 13.0 Å². The first-order chi connectivity index (χ1) is 18.0. The number of amides is 2. The van der Waals surface area contributed by atoms with Gasteiger partial charge in [0.05, 0.1) is 32.0 Å². The molecule has 0 aromatic heterocycles. The summed E-state index contributed by atoms with van der Waals surface area (Å²) in [6.45, 7) is 25.9. The van der Waals surface area contributed by atoms with Crippen molar-refractivity contribution >= 4 is 20.3 Å². The average Bonchev–Trinajstić information content (AvgIpc) is 3.24. The van der Waals surface area contributed by atoms with Gasteiger partial charge >= 0.3 is 6.09 Å². The molecule has 1 aromatic rings. The lowest BCUT2D eigenvalue weighted by Gasteiger charge is -2.47. The Morgan fingerprint density at radius 2 is 1.74 bits per heavy atom. The molecule has 1 fully saturated rings. The molecule has 2 amide bonds. The Kier molecular flexibility index (Phi) is 11.0. The maximum atomic E-state index is 13.6. The van der Waals surface area contributed by atoms with Gasteiger partial charge in [0.25, 0.3) is 0 Å². The van der Waals surface area contributed by atoms with Gasteiger partial charge in [-0.1, -0.05) is 73.6 Å².